The van der Waals surface area contributed by atoms with Crippen molar-refractivity contribution in [3.63, 3.8) is 0 Å². The number of benzene rings is 2. The number of pyridine rings is 1. The van der Waals surface area contributed by atoms with Gasteiger partial charge in [-0.1, -0.05) is 39.4 Å². The van der Waals surface area contributed by atoms with Gasteiger partial charge >= 0.3 is 5.91 Å². The number of Topliss-reactive ketones (excluding diaryl/α,β-unsaturated/α-hetero) is 1. The second kappa shape index (κ2) is 8.67. The van der Waals surface area contributed by atoms with Crippen molar-refractivity contribution in [2.75, 3.05) is 4.90 Å². The van der Waals surface area contributed by atoms with E-state index in [1.807, 2.05) is 6.92 Å². The van der Waals surface area contributed by atoms with Crippen LogP contribution in [0.3, 0.4) is 0 Å². The van der Waals surface area contributed by atoms with Gasteiger partial charge in [-0.05, 0) is 42.8 Å². The molecular formula is C24H15BrN4O5S. The Kier molecular flexibility index (Phi) is 5.65. The van der Waals surface area contributed by atoms with Crippen molar-refractivity contribution in [1.82, 2.24) is 9.97 Å². The van der Waals surface area contributed by atoms with Gasteiger partial charge in [0.1, 0.15) is 11.8 Å². The largest absolute Gasteiger partial charge is 0.507 e. The van der Waals surface area contributed by atoms with E-state index in [4.69, 9.17) is 0 Å². The van der Waals surface area contributed by atoms with Gasteiger partial charge in [-0.15, -0.1) is 0 Å². The zero-order valence-electron chi connectivity index (χ0n) is 18.0. The van der Waals surface area contributed by atoms with E-state index in [-0.39, 0.29) is 22.2 Å². The fourth-order valence-electron chi connectivity index (χ4n) is 3.91. The maximum Gasteiger partial charge on any atom is 0.301 e. The van der Waals surface area contributed by atoms with Gasteiger partial charge in [0.2, 0.25) is 0 Å². The number of ketones is 1. The second-order valence-electron chi connectivity index (χ2n) is 7.79. The molecule has 1 atom stereocenters. The van der Waals surface area contributed by atoms with E-state index in [0.29, 0.717) is 21.5 Å². The lowest BCUT2D eigenvalue weighted by Gasteiger charge is -2.22. The first-order chi connectivity index (χ1) is 16.8. The standard InChI is InChI=1S/C24H15BrN4O5S/c1-12-10-13(5-7-15(12)25)21(30)19-20(17-4-2-3-9-26-17)28(23(32)22(19)31)24-27-16-8-6-14(29(33)34)11-18(16)35-24/h2-11,20,30H,1H3/b21-19+. The molecule has 0 radical (unpaired) electrons. The number of nitro benzene ring substituents is 1. The molecule has 0 spiro atoms. The third-order valence-electron chi connectivity index (χ3n) is 5.62. The number of thiazole rings is 1. The molecule has 1 N–H and O–H groups in total. The number of nitrogens with zero attached hydrogens (tertiary/aromatic N) is 4. The van der Waals surface area contributed by atoms with Crippen LogP contribution in [0.1, 0.15) is 22.9 Å². The minimum atomic E-state index is -1.03. The number of hydrogen-bond donors (Lipinski definition) is 1. The number of fused-ring (bicyclic) bond motifs is 1. The zero-order valence-corrected chi connectivity index (χ0v) is 20.4. The summed E-state index contributed by atoms with van der Waals surface area (Å²) in [6, 6.07) is 13.3. The highest BCUT2D eigenvalue weighted by molar-refractivity contribution is 9.10. The Balaban J connectivity index is 1.71. The van der Waals surface area contributed by atoms with Crippen molar-refractivity contribution >= 4 is 65.8 Å². The third kappa shape index (κ3) is 3.88. The molecule has 1 saturated heterocycles. The zero-order chi connectivity index (χ0) is 24.9. The summed E-state index contributed by atoms with van der Waals surface area (Å²) >= 11 is 4.46. The number of hydrogen-bond acceptors (Lipinski definition) is 8. The van der Waals surface area contributed by atoms with Crippen LogP contribution in [0.4, 0.5) is 10.8 Å². The topological polar surface area (TPSA) is 127 Å². The Hall–Kier alpha value is -3.96. The summed E-state index contributed by atoms with van der Waals surface area (Å²) in [5, 5.41) is 22.5. The summed E-state index contributed by atoms with van der Waals surface area (Å²) in [4.78, 5) is 47.2. The molecule has 1 aliphatic rings. The fraction of sp³-hybridized carbons (Fsp3) is 0.0833. The Morgan fingerprint density at radius 3 is 2.66 bits per heavy atom. The summed E-state index contributed by atoms with van der Waals surface area (Å²) in [5.74, 6) is -2.07. The number of halogens is 1. The lowest BCUT2D eigenvalue weighted by atomic mass is 9.98. The highest BCUT2D eigenvalue weighted by atomic mass is 79.9. The first-order valence-corrected chi connectivity index (χ1v) is 11.9. The van der Waals surface area contributed by atoms with Crippen LogP contribution < -0.4 is 4.90 Å². The molecular weight excluding hydrogens is 536 g/mol. The summed E-state index contributed by atoms with van der Waals surface area (Å²) in [6.07, 6.45) is 1.53. The monoisotopic (exact) mass is 550 g/mol. The number of rotatable bonds is 4. The second-order valence-corrected chi connectivity index (χ2v) is 9.66. The predicted molar refractivity (Wildman–Crippen MR) is 134 cm³/mol. The smallest absolute Gasteiger partial charge is 0.301 e. The van der Waals surface area contributed by atoms with Crippen LogP contribution in [0, 0.1) is 17.0 Å². The Morgan fingerprint density at radius 1 is 1.17 bits per heavy atom. The molecule has 0 bridgehead atoms. The molecule has 2 aromatic carbocycles. The molecule has 9 nitrogen and oxygen atoms in total. The molecule has 1 unspecified atom stereocenters. The highest BCUT2D eigenvalue weighted by Gasteiger charge is 2.48. The number of amides is 1. The molecule has 174 valence electrons. The number of carbonyl (C=O) groups excluding carboxylic acids is 2. The number of nitro groups is 1. The van der Waals surface area contributed by atoms with Gasteiger partial charge in [0.05, 0.1) is 26.4 Å². The number of non-ortho nitro benzene ring substituents is 1. The predicted octanol–water partition coefficient (Wildman–Crippen LogP) is 5.30. The van der Waals surface area contributed by atoms with Crippen LogP contribution in [0.2, 0.25) is 0 Å². The first-order valence-electron chi connectivity index (χ1n) is 10.3. The molecule has 1 amide bonds. The number of aliphatic hydroxyl groups is 1. The molecule has 0 saturated carbocycles. The van der Waals surface area contributed by atoms with Gasteiger partial charge < -0.3 is 5.11 Å². The van der Waals surface area contributed by atoms with Crippen LogP contribution >= 0.6 is 27.3 Å². The number of aromatic nitrogens is 2. The Bertz CT molecular complexity index is 1570. The molecule has 1 fully saturated rings. The van der Waals surface area contributed by atoms with Gasteiger partial charge in [0, 0.05) is 28.4 Å². The molecule has 3 heterocycles. The number of aryl methyl sites for hydroxylation is 1. The lowest BCUT2D eigenvalue weighted by Crippen LogP contribution is -2.29. The van der Waals surface area contributed by atoms with E-state index < -0.39 is 22.7 Å². The van der Waals surface area contributed by atoms with Crippen LogP contribution in [0.5, 0.6) is 0 Å². The van der Waals surface area contributed by atoms with Gasteiger partial charge in [-0.2, -0.15) is 0 Å². The first kappa shape index (κ1) is 22.8. The van der Waals surface area contributed by atoms with Gasteiger partial charge in [-0.3, -0.25) is 29.6 Å². The highest BCUT2D eigenvalue weighted by Crippen LogP contribution is 2.44. The maximum atomic E-state index is 13.3. The summed E-state index contributed by atoms with van der Waals surface area (Å²) in [6.45, 7) is 1.84. The van der Waals surface area contributed by atoms with E-state index in [1.165, 1.54) is 29.3 Å². The van der Waals surface area contributed by atoms with E-state index in [9.17, 15) is 24.8 Å². The SMILES string of the molecule is Cc1cc(/C(O)=C2\C(=O)C(=O)N(c3nc4ccc([N+](=O)[O-])cc4s3)C2c2ccccn2)ccc1Br. The average Bonchev–Trinajstić information content (AvgIpc) is 3.38. The number of anilines is 1. The summed E-state index contributed by atoms with van der Waals surface area (Å²) in [7, 11) is 0. The minimum absolute atomic E-state index is 0.110. The summed E-state index contributed by atoms with van der Waals surface area (Å²) in [5.41, 5.74) is 1.81. The minimum Gasteiger partial charge on any atom is -0.507 e. The maximum absolute atomic E-state index is 13.3. The van der Waals surface area contributed by atoms with Crippen molar-refractivity contribution in [3.8, 4) is 0 Å². The van der Waals surface area contributed by atoms with Crippen LogP contribution in [0.25, 0.3) is 16.0 Å². The van der Waals surface area contributed by atoms with Gasteiger partial charge in [-0.25, -0.2) is 4.98 Å². The van der Waals surface area contributed by atoms with E-state index in [0.717, 1.165) is 21.4 Å². The third-order valence-corrected chi connectivity index (χ3v) is 7.53. The number of aliphatic hydroxyl groups excluding tert-OH is 1. The quantitative estimate of drug-likeness (QED) is 0.120. The van der Waals surface area contributed by atoms with Gasteiger partial charge in [0.25, 0.3) is 11.5 Å². The van der Waals surface area contributed by atoms with E-state index in [1.54, 1.807) is 36.4 Å². The van der Waals surface area contributed by atoms with Crippen LogP contribution in [-0.2, 0) is 9.59 Å². The molecule has 35 heavy (non-hydrogen) atoms. The molecule has 2 aromatic heterocycles. The van der Waals surface area contributed by atoms with Crippen molar-refractivity contribution in [2.45, 2.75) is 13.0 Å². The van der Waals surface area contributed by atoms with Crippen LogP contribution in [-0.4, -0.2) is 31.7 Å². The summed E-state index contributed by atoms with van der Waals surface area (Å²) < 4.78 is 1.32. The molecule has 4 aromatic rings. The van der Waals surface area contributed by atoms with Crippen molar-refractivity contribution < 1.29 is 19.6 Å². The normalized spacial score (nSPS) is 17.3. The number of carbonyl (C=O) groups is 2. The lowest BCUT2D eigenvalue weighted by molar-refractivity contribution is -0.384. The molecule has 0 aliphatic carbocycles. The molecule has 1 aliphatic heterocycles. The van der Waals surface area contributed by atoms with Crippen LogP contribution in [0.15, 0.2) is 70.8 Å². The van der Waals surface area contributed by atoms with Gasteiger partial charge in [0.15, 0.2) is 5.13 Å². The fourth-order valence-corrected chi connectivity index (χ4v) is 5.18. The van der Waals surface area contributed by atoms with Crippen molar-refractivity contribution in [3.05, 3.63) is 97.8 Å². The van der Waals surface area contributed by atoms with Crippen molar-refractivity contribution in [1.29, 1.82) is 0 Å². The molecule has 5 rings (SSSR count). The molecule has 11 heteroatoms. The average molecular weight is 551 g/mol. The Labute approximate surface area is 210 Å². The Morgan fingerprint density at radius 2 is 1.97 bits per heavy atom. The van der Waals surface area contributed by atoms with Crippen molar-refractivity contribution in [2.24, 2.45) is 0 Å². The van der Waals surface area contributed by atoms with E-state index >= 15 is 0 Å². The van der Waals surface area contributed by atoms with E-state index in [2.05, 4.69) is 25.9 Å².